The van der Waals surface area contributed by atoms with E-state index in [1.54, 1.807) is 0 Å². The highest BCUT2D eigenvalue weighted by Crippen LogP contribution is 2.55. The number of hydrogen-bond donors (Lipinski definition) is 2. The molecule has 2 N–H and O–H groups in total. The van der Waals surface area contributed by atoms with Gasteiger partial charge in [0.15, 0.2) is 0 Å². The number of anilines is 2. The highest BCUT2D eigenvalue weighted by atomic mass is 32.2. The van der Waals surface area contributed by atoms with E-state index in [0.717, 1.165) is 67.0 Å². The van der Waals surface area contributed by atoms with Crippen LogP contribution in [-0.4, -0.2) is 24.4 Å². The van der Waals surface area contributed by atoms with Crippen LogP contribution in [-0.2, 0) is 15.1 Å². The zero-order valence-electron chi connectivity index (χ0n) is 23.1. The number of ether oxygens (including phenoxy) is 2. The van der Waals surface area contributed by atoms with Crippen molar-refractivity contribution in [2.45, 2.75) is 94.5 Å². The Morgan fingerprint density at radius 2 is 1.64 bits per heavy atom. The molecule has 2 aromatic carbocycles. The quantitative estimate of drug-likeness (QED) is 0.229. The van der Waals surface area contributed by atoms with Crippen molar-refractivity contribution in [1.29, 1.82) is 0 Å². The highest BCUT2D eigenvalue weighted by molar-refractivity contribution is 7.99. The number of rotatable bonds is 10. The molecule has 5 rings (SSSR count). The van der Waals surface area contributed by atoms with Crippen LogP contribution in [0.25, 0.3) is 0 Å². The average molecular weight is 551 g/mol. The van der Waals surface area contributed by atoms with E-state index in [1.807, 2.05) is 48.2 Å². The summed E-state index contributed by atoms with van der Waals surface area (Å²) in [5.41, 5.74) is 2.32. The summed E-state index contributed by atoms with van der Waals surface area (Å²) < 4.78 is 12.7. The van der Waals surface area contributed by atoms with E-state index in [4.69, 9.17) is 9.47 Å². The fourth-order valence-electron chi connectivity index (χ4n) is 6.81. The number of nitrogens with one attached hydrogen (secondary N) is 2. The summed E-state index contributed by atoms with van der Waals surface area (Å²) >= 11 is 1.82. The molecule has 39 heavy (non-hydrogen) atoms. The maximum Gasteiger partial charge on any atom is 0.412 e. The molecule has 0 unspecified atom stereocenters. The SMILES string of the molecule is CC(=O)Nc1ccc(SCCCCOc2ccc3c(c2)C(C2CCCCC2)(C2CCCCC2)OC(=O)N3)cc1. The Morgan fingerprint density at radius 1 is 0.974 bits per heavy atom. The summed E-state index contributed by atoms with van der Waals surface area (Å²) in [5, 5.41) is 5.79. The number of hydrogen-bond acceptors (Lipinski definition) is 5. The minimum Gasteiger partial charge on any atom is -0.494 e. The summed E-state index contributed by atoms with van der Waals surface area (Å²) in [7, 11) is 0. The smallest absolute Gasteiger partial charge is 0.412 e. The topological polar surface area (TPSA) is 76.7 Å². The zero-order valence-corrected chi connectivity index (χ0v) is 24.0. The third kappa shape index (κ3) is 6.74. The lowest BCUT2D eigenvalue weighted by Crippen LogP contribution is -2.51. The van der Waals surface area contributed by atoms with Crippen molar-refractivity contribution in [2.24, 2.45) is 11.8 Å². The first-order chi connectivity index (χ1) is 19.0. The van der Waals surface area contributed by atoms with Gasteiger partial charge >= 0.3 is 6.09 Å². The molecule has 2 aromatic rings. The fraction of sp³-hybridized carbons (Fsp3) is 0.562. The van der Waals surface area contributed by atoms with Gasteiger partial charge in [-0.15, -0.1) is 11.8 Å². The van der Waals surface area contributed by atoms with Gasteiger partial charge in [-0.25, -0.2) is 4.79 Å². The molecule has 2 aliphatic carbocycles. The third-order valence-electron chi connectivity index (χ3n) is 8.58. The van der Waals surface area contributed by atoms with Crippen molar-refractivity contribution in [3.05, 3.63) is 48.0 Å². The van der Waals surface area contributed by atoms with Gasteiger partial charge in [0, 0.05) is 34.9 Å². The van der Waals surface area contributed by atoms with Crippen molar-refractivity contribution in [2.75, 3.05) is 23.0 Å². The summed E-state index contributed by atoms with van der Waals surface area (Å²) in [6, 6.07) is 14.2. The van der Waals surface area contributed by atoms with Crippen molar-refractivity contribution in [3.63, 3.8) is 0 Å². The van der Waals surface area contributed by atoms with Gasteiger partial charge in [0.05, 0.1) is 12.3 Å². The third-order valence-corrected chi connectivity index (χ3v) is 9.68. The van der Waals surface area contributed by atoms with Crippen LogP contribution in [0.3, 0.4) is 0 Å². The number of unbranched alkanes of at least 4 members (excludes halogenated alkanes) is 1. The molecule has 0 atom stereocenters. The van der Waals surface area contributed by atoms with Crippen molar-refractivity contribution < 1.29 is 19.1 Å². The predicted octanol–water partition coefficient (Wildman–Crippen LogP) is 8.51. The lowest BCUT2D eigenvalue weighted by Gasteiger charge is -2.50. The molecule has 0 radical (unpaired) electrons. The first-order valence-electron chi connectivity index (χ1n) is 14.8. The van der Waals surface area contributed by atoms with Crippen molar-refractivity contribution in [3.8, 4) is 5.75 Å². The summed E-state index contributed by atoms with van der Waals surface area (Å²) in [5.74, 6) is 2.57. The van der Waals surface area contributed by atoms with E-state index in [9.17, 15) is 9.59 Å². The van der Waals surface area contributed by atoms with Crippen LogP contribution in [0.15, 0.2) is 47.4 Å². The number of amides is 2. The Labute approximate surface area is 237 Å². The molecule has 2 saturated carbocycles. The van der Waals surface area contributed by atoms with E-state index < -0.39 is 5.60 Å². The van der Waals surface area contributed by atoms with Crippen molar-refractivity contribution >= 4 is 35.1 Å². The number of carbonyl (C=O) groups is 2. The van der Waals surface area contributed by atoms with Gasteiger partial charge in [0.2, 0.25) is 5.91 Å². The first-order valence-corrected chi connectivity index (χ1v) is 15.8. The average Bonchev–Trinajstić information content (AvgIpc) is 2.96. The maximum atomic E-state index is 12.9. The minimum absolute atomic E-state index is 0.0553. The van der Waals surface area contributed by atoms with E-state index >= 15 is 0 Å². The van der Waals surface area contributed by atoms with Crippen LogP contribution >= 0.6 is 11.8 Å². The molecule has 2 amide bonds. The normalized spacial score (nSPS) is 19.5. The van der Waals surface area contributed by atoms with Gasteiger partial charge in [-0.05, 0) is 86.7 Å². The second-order valence-corrected chi connectivity index (χ2v) is 12.5. The Hall–Kier alpha value is -2.67. The van der Waals surface area contributed by atoms with E-state index in [1.165, 1.54) is 50.3 Å². The molecule has 3 aliphatic rings. The van der Waals surface area contributed by atoms with Crippen LogP contribution < -0.4 is 15.4 Å². The lowest BCUT2D eigenvalue weighted by atomic mass is 9.62. The molecular formula is C32H42N2O4S. The van der Waals surface area contributed by atoms with Crippen LogP contribution in [0.1, 0.15) is 89.5 Å². The maximum absolute atomic E-state index is 12.9. The van der Waals surface area contributed by atoms with Crippen LogP contribution in [0.4, 0.5) is 16.2 Å². The Balaban J connectivity index is 1.21. The summed E-state index contributed by atoms with van der Waals surface area (Å²) in [6.45, 7) is 2.18. The van der Waals surface area contributed by atoms with Gasteiger partial charge in [0.1, 0.15) is 11.4 Å². The summed E-state index contributed by atoms with van der Waals surface area (Å²) in [6.07, 6.45) is 13.7. The zero-order chi connectivity index (χ0) is 27.1. The van der Waals surface area contributed by atoms with E-state index in [2.05, 4.69) is 16.7 Å². The number of carbonyl (C=O) groups excluding carboxylic acids is 2. The number of benzene rings is 2. The Morgan fingerprint density at radius 3 is 2.28 bits per heavy atom. The fourth-order valence-corrected chi connectivity index (χ4v) is 7.73. The van der Waals surface area contributed by atoms with Gasteiger partial charge in [0.25, 0.3) is 0 Å². The van der Waals surface area contributed by atoms with Gasteiger partial charge in [-0.1, -0.05) is 38.5 Å². The highest BCUT2D eigenvalue weighted by Gasteiger charge is 2.53. The molecular weight excluding hydrogens is 508 g/mol. The van der Waals surface area contributed by atoms with E-state index in [-0.39, 0.29) is 12.0 Å². The minimum atomic E-state index is -0.538. The largest absolute Gasteiger partial charge is 0.494 e. The molecule has 6 nitrogen and oxygen atoms in total. The molecule has 0 aromatic heterocycles. The molecule has 1 aliphatic heterocycles. The molecule has 7 heteroatoms. The second-order valence-electron chi connectivity index (χ2n) is 11.3. The van der Waals surface area contributed by atoms with E-state index in [0.29, 0.717) is 18.4 Å². The Bertz CT molecular complexity index is 1110. The lowest BCUT2D eigenvalue weighted by molar-refractivity contribution is -0.114. The number of thioether (sulfide) groups is 1. The monoisotopic (exact) mass is 550 g/mol. The molecule has 2 fully saturated rings. The van der Waals surface area contributed by atoms with Crippen LogP contribution in [0, 0.1) is 11.8 Å². The molecule has 0 saturated heterocycles. The van der Waals surface area contributed by atoms with Crippen LogP contribution in [0.2, 0.25) is 0 Å². The first kappa shape index (κ1) is 27.9. The van der Waals surface area contributed by atoms with Crippen LogP contribution in [0.5, 0.6) is 5.75 Å². The molecule has 1 heterocycles. The second kappa shape index (κ2) is 13.1. The van der Waals surface area contributed by atoms with Gasteiger partial charge < -0.3 is 14.8 Å². The number of cyclic esters (lactones) is 1. The summed E-state index contributed by atoms with van der Waals surface area (Å²) in [4.78, 5) is 25.2. The molecule has 210 valence electrons. The molecule has 0 spiro atoms. The predicted molar refractivity (Wildman–Crippen MR) is 158 cm³/mol. The molecule has 0 bridgehead atoms. The van der Waals surface area contributed by atoms with Gasteiger partial charge in [-0.3, -0.25) is 10.1 Å². The number of fused-ring (bicyclic) bond motifs is 1. The standard InChI is InChI=1S/C32H42N2O4S/c1-23(35)33-26-14-17-28(18-15-26)39-21-9-8-20-37-27-16-19-30-29(22-27)32(38-31(36)34-30,24-10-4-2-5-11-24)25-12-6-3-7-13-25/h14-19,22,24-25H,2-13,20-21H2,1H3,(H,33,35)(H,34,36). The Kier molecular flexibility index (Phi) is 9.38. The van der Waals surface area contributed by atoms with Crippen molar-refractivity contribution in [1.82, 2.24) is 0 Å². The van der Waals surface area contributed by atoms with Gasteiger partial charge in [-0.2, -0.15) is 0 Å².